The first-order valence-corrected chi connectivity index (χ1v) is 6.12. The summed E-state index contributed by atoms with van der Waals surface area (Å²) in [6, 6.07) is 5.47. The average Bonchev–Trinajstić information content (AvgIpc) is 2.31. The van der Waals surface area contributed by atoms with E-state index in [1.54, 1.807) is 51.0 Å². The van der Waals surface area contributed by atoms with Gasteiger partial charge in [0.15, 0.2) is 0 Å². The van der Waals surface area contributed by atoms with E-state index >= 15 is 0 Å². The van der Waals surface area contributed by atoms with Gasteiger partial charge >= 0.3 is 0 Å². The second kappa shape index (κ2) is 6.12. The van der Waals surface area contributed by atoms with Gasteiger partial charge in [0.25, 0.3) is 0 Å². The van der Waals surface area contributed by atoms with Crippen LogP contribution >= 0.6 is 0 Å². The van der Waals surface area contributed by atoms with E-state index < -0.39 is 17.4 Å². The minimum Gasteiger partial charge on any atom is -0.394 e. The Kier molecular flexibility index (Phi) is 5.03. The van der Waals surface area contributed by atoms with Crippen LogP contribution in [0.5, 0.6) is 0 Å². The van der Waals surface area contributed by atoms with Crippen molar-refractivity contribution in [2.75, 3.05) is 20.7 Å². The SMILES string of the molecule is CN(C)[C@@H](C(=O)NC(C)(C)CO)c1ccccc1F. The minimum absolute atomic E-state index is 0.184. The van der Waals surface area contributed by atoms with E-state index in [-0.39, 0.29) is 12.5 Å². The number of nitrogens with zero attached hydrogens (tertiary/aromatic N) is 1. The first-order chi connectivity index (χ1) is 8.78. The van der Waals surface area contributed by atoms with Crippen LogP contribution in [0, 0.1) is 5.82 Å². The molecule has 0 saturated carbocycles. The monoisotopic (exact) mass is 268 g/mol. The average molecular weight is 268 g/mol. The molecule has 0 saturated heterocycles. The summed E-state index contributed by atoms with van der Waals surface area (Å²) in [6.45, 7) is 3.23. The van der Waals surface area contributed by atoms with Crippen LogP contribution in [0.15, 0.2) is 24.3 Å². The van der Waals surface area contributed by atoms with Crippen LogP contribution in [0.25, 0.3) is 0 Å². The van der Waals surface area contributed by atoms with Crippen molar-refractivity contribution in [2.24, 2.45) is 0 Å². The van der Waals surface area contributed by atoms with Crippen molar-refractivity contribution < 1.29 is 14.3 Å². The fourth-order valence-corrected chi connectivity index (χ4v) is 1.79. The van der Waals surface area contributed by atoms with Crippen molar-refractivity contribution in [3.05, 3.63) is 35.6 Å². The highest BCUT2D eigenvalue weighted by atomic mass is 19.1. The highest BCUT2D eigenvalue weighted by molar-refractivity contribution is 5.83. The van der Waals surface area contributed by atoms with Crippen molar-refractivity contribution >= 4 is 5.91 Å². The van der Waals surface area contributed by atoms with Gasteiger partial charge < -0.3 is 10.4 Å². The Labute approximate surface area is 113 Å². The molecule has 1 rings (SSSR count). The molecule has 1 amide bonds. The number of rotatable bonds is 5. The van der Waals surface area contributed by atoms with E-state index in [9.17, 15) is 14.3 Å². The van der Waals surface area contributed by atoms with E-state index in [0.717, 1.165) is 0 Å². The number of nitrogens with one attached hydrogen (secondary N) is 1. The summed E-state index contributed by atoms with van der Waals surface area (Å²) in [5.74, 6) is -0.757. The van der Waals surface area contributed by atoms with Crippen LogP contribution in [0.4, 0.5) is 4.39 Å². The van der Waals surface area contributed by atoms with E-state index in [0.29, 0.717) is 5.56 Å². The number of benzene rings is 1. The summed E-state index contributed by atoms with van der Waals surface area (Å²) in [4.78, 5) is 13.9. The van der Waals surface area contributed by atoms with Crippen LogP contribution in [-0.4, -0.2) is 42.2 Å². The van der Waals surface area contributed by atoms with Crippen molar-refractivity contribution in [3.63, 3.8) is 0 Å². The second-order valence-electron chi connectivity index (χ2n) is 5.42. The van der Waals surface area contributed by atoms with E-state index in [4.69, 9.17) is 0 Å². The van der Waals surface area contributed by atoms with Crippen LogP contribution < -0.4 is 5.32 Å². The smallest absolute Gasteiger partial charge is 0.242 e. The Morgan fingerprint density at radius 3 is 2.47 bits per heavy atom. The molecule has 0 aliphatic carbocycles. The number of halogens is 1. The molecule has 106 valence electrons. The quantitative estimate of drug-likeness (QED) is 0.846. The van der Waals surface area contributed by atoms with Crippen LogP contribution in [0.1, 0.15) is 25.5 Å². The number of carbonyl (C=O) groups is 1. The predicted octanol–water partition coefficient (Wildman–Crippen LogP) is 1.32. The summed E-state index contributed by atoms with van der Waals surface area (Å²) in [5.41, 5.74) is -0.421. The van der Waals surface area contributed by atoms with Gasteiger partial charge in [-0.05, 0) is 34.0 Å². The van der Waals surface area contributed by atoms with Gasteiger partial charge in [0, 0.05) is 5.56 Å². The van der Waals surface area contributed by atoms with E-state index in [1.165, 1.54) is 6.07 Å². The summed E-state index contributed by atoms with van der Waals surface area (Å²) >= 11 is 0. The van der Waals surface area contributed by atoms with Crippen LogP contribution in [0.3, 0.4) is 0 Å². The maximum Gasteiger partial charge on any atom is 0.242 e. The first-order valence-electron chi connectivity index (χ1n) is 6.12. The molecule has 1 aromatic carbocycles. The number of hydrogen-bond acceptors (Lipinski definition) is 3. The van der Waals surface area contributed by atoms with Gasteiger partial charge in [0.2, 0.25) is 5.91 Å². The Bertz CT molecular complexity index is 447. The van der Waals surface area contributed by atoms with Crippen molar-refractivity contribution in [1.82, 2.24) is 10.2 Å². The lowest BCUT2D eigenvalue weighted by atomic mass is 10.0. The minimum atomic E-state index is -0.739. The van der Waals surface area contributed by atoms with Gasteiger partial charge in [-0.3, -0.25) is 9.69 Å². The van der Waals surface area contributed by atoms with Gasteiger partial charge in [-0.25, -0.2) is 4.39 Å². The molecular weight excluding hydrogens is 247 g/mol. The highest BCUT2D eigenvalue weighted by Crippen LogP contribution is 2.22. The molecule has 0 unspecified atom stereocenters. The normalized spacial score (nSPS) is 13.4. The molecule has 0 bridgehead atoms. The molecule has 0 aliphatic heterocycles. The van der Waals surface area contributed by atoms with Gasteiger partial charge in [0.1, 0.15) is 11.9 Å². The molecule has 0 fully saturated rings. The number of hydrogen-bond donors (Lipinski definition) is 2. The topological polar surface area (TPSA) is 52.6 Å². The summed E-state index contributed by atoms with van der Waals surface area (Å²) in [6.07, 6.45) is 0. The van der Waals surface area contributed by atoms with Crippen LogP contribution in [-0.2, 0) is 4.79 Å². The Hall–Kier alpha value is -1.46. The van der Waals surface area contributed by atoms with Crippen molar-refractivity contribution in [3.8, 4) is 0 Å². The third-order valence-corrected chi connectivity index (χ3v) is 2.82. The van der Waals surface area contributed by atoms with E-state index in [2.05, 4.69) is 5.32 Å². The molecule has 19 heavy (non-hydrogen) atoms. The zero-order valence-electron chi connectivity index (χ0n) is 11.8. The van der Waals surface area contributed by atoms with E-state index in [1.807, 2.05) is 0 Å². The first kappa shape index (κ1) is 15.6. The summed E-state index contributed by atoms with van der Waals surface area (Å²) in [5, 5.41) is 11.9. The van der Waals surface area contributed by atoms with Gasteiger partial charge in [-0.2, -0.15) is 0 Å². The summed E-state index contributed by atoms with van der Waals surface area (Å²) in [7, 11) is 3.42. The van der Waals surface area contributed by atoms with Crippen molar-refractivity contribution in [1.29, 1.82) is 0 Å². The Balaban J connectivity index is 3.03. The number of aliphatic hydroxyl groups excluding tert-OH is 1. The maximum absolute atomic E-state index is 13.8. The Morgan fingerprint density at radius 2 is 2.00 bits per heavy atom. The lowest BCUT2D eigenvalue weighted by Crippen LogP contribution is -2.50. The van der Waals surface area contributed by atoms with Crippen LogP contribution in [0.2, 0.25) is 0 Å². The molecular formula is C14H21FN2O2. The summed E-state index contributed by atoms with van der Waals surface area (Å²) < 4.78 is 13.8. The molecule has 1 atom stereocenters. The van der Waals surface area contributed by atoms with Gasteiger partial charge in [0.05, 0.1) is 12.1 Å². The largest absolute Gasteiger partial charge is 0.394 e. The third-order valence-electron chi connectivity index (χ3n) is 2.82. The molecule has 1 aromatic rings. The molecule has 2 N–H and O–H groups in total. The number of carbonyl (C=O) groups excluding carboxylic acids is 1. The number of amides is 1. The zero-order valence-corrected chi connectivity index (χ0v) is 11.8. The second-order valence-corrected chi connectivity index (χ2v) is 5.42. The van der Waals surface area contributed by atoms with Gasteiger partial charge in [-0.1, -0.05) is 18.2 Å². The highest BCUT2D eigenvalue weighted by Gasteiger charge is 2.29. The Morgan fingerprint density at radius 1 is 1.42 bits per heavy atom. The molecule has 0 spiro atoms. The fourth-order valence-electron chi connectivity index (χ4n) is 1.79. The number of likely N-dealkylation sites (N-methyl/N-ethyl adjacent to an activating group) is 1. The molecule has 4 nitrogen and oxygen atoms in total. The standard InChI is InChI=1S/C14H21FN2O2/c1-14(2,9-18)16-13(19)12(17(3)4)10-7-5-6-8-11(10)15/h5-8,12,18H,9H2,1-4H3,(H,16,19)/t12-/m1/s1. The van der Waals surface area contributed by atoms with Gasteiger partial charge in [-0.15, -0.1) is 0 Å². The lowest BCUT2D eigenvalue weighted by molar-refractivity contribution is -0.128. The molecule has 5 heteroatoms. The predicted molar refractivity (Wildman–Crippen MR) is 72.1 cm³/mol. The zero-order chi connectivity index (χ0) is 14.6. The molecule has 0 aromatic heterocycles. The number of aliphatic hydroxyl groups is 1. The fraction of sp³-hybridized carbons (Fsp3) is 0.500. The lowest BCUT2D eigenvalue weighted by Gasteiger charge is -2.30. The molecule has 0 heterocycles. The van der Waals surface area contributed by atoms with Crippen molar-refractivity contribution in [2.45, 2.75) is 25.4 Å². The molecule has 0 radical (unpaired) electrons. The third kappa shape index (κ3) is 4.01. The maximum atomic E-state index is 13.8. The molecule has 0 aliphatic rings.